The Labute approximate surface area is 143 Å². The standard InChI is InChI=1S/C17H29N5O2/c1-2-22-16(18-13-19-22)12-20-9-7-15-14(11-20)5-6-17(24)21(15)8-3-4-10-23/h13-15,23H,2-12H2,1H3/t14-,15+/m0/s1. The molecule has 0 radical (unpaired) electrons. The first-order valence-electron chi connectivity index (χ1n) is 9.22. The number of aromatic nitrogens is 3. The van der Waals surface area contributed by atoms with Crippen LogP contribution in [0.3, 0.4) is 0 Å². The Morgan fingerprint density at radius 3 is 3.00 bits per heavy atom. The third kappa shape index (κ3) is 3.78. The van der Waals surface area contributed by atoms with Crippen LogP contribution in [0.2, 0.25) is 0 Å². The highest BCUT2D eigenvalue weighted by molar-refractivity contribution is 5.77. The number of piperidine rings is 2. The number of aryl methyl sites for hydroxylation is 1. The van der Waals surface area contributed by atoms with Crippen LogP contribution in [0.25, 0.3) is 0 Å². The summed E-state index contributed by atoms with van der Waals surface area (Å²) in [5.41, 5.74) is 0. The molecule has 1 aromatic rings. The van der Waals surface area contributed by atoms with E-state index in [2.05, 4.69) is 26.8 Å². The molecule has 3 rings (SSSR count). The minimum absolute atomic E-state index is 0.210. The van der Waals surface area contributed by atoms with Crippen molar-refractivity contribution in [2.45, 2.75) is 58.2 Å². The van der Waals surface area contributed by atoms with Crippen LogP contribution in [0.1, 0.15) is 44.9 Å². The third-order valence-electron chi connectivity index (χ3n) is 5.40. The predicted octanol–water partition coefficient (Wildman–Crippen LogP) is 0.883. The summed E-state index contributed by atoms with van der Waals surface area (Å²) in [5, 5.41) is 13.2. The number of likely N-dealkylation sites (tertiary alicyclic amines) is 2. The van der Waals surface area contributed by atoms with Gasteiger partial charge in [0.1, 0.15) is 12.2 Å². The van der Waals surface area contributed by atoms with Crippen molar-refractivity contribution >= 4 is 5.91 Å². The quantitative estimate of drug-likeness (QED) is 0.749. The molecular weight excluding hydrogens is 306 g/mol. The van der Waals surface area contributed by atoms with Crippen molar-refractivity contribution in [3.63, 3.8) is 0 Å². The van der Waals surface area contributed by atoms with Crippen molar-refractivity contribution < 1.29 is 9.90 Å². The molecule has 1 N–H and O–H groups in total. The van der Waals surface area contributed by atoms with E-state index in [0.717, 1.165) is 64.2 Å². The number of nitrogens with zero attached hydrogens (tertiary/aromatic N) is 5. The van der Waals surface area contributed by atoms with E-state index in [0.29, 0.717) is 24.3 Å². The van der Waals surface area contributed by atoms with E-state index >= 15 is 0 Å². The van der Waals surface area contributed by atoms with Crippen molar-refractivity contribution in [3.8, 4) is 0 Å². The summed E-state index contributed by atoms with van der Waals surface area (Å²) in [6.07, 6.45) is 6.01. The molecule has 7 heteroatoms. The summed E-state index contributed by atoms with van der Waals surface area (Å²) in [5.74, 6) is 1.89. The van der Waals surface area contributed by atoms with Gasteiger partial charge in [0.25, 0.3) is 0 Å². The third-order valence-corrected chi connectivity index (χ3v) is 5.40. The van der Waals surface area contributed by atoms with Gasteiger partial charge in [0.2, 0.25) is 5.91 Å². The zero-order valence-electron chi connectivity index (χ0n) is 14.6. The predicted molar refractivity (Wildman–Crippen MR) is 90.1 cm³/mol. The fourth-order valence-electron chi connectivity index (χ4n) is 4.13. The van der Waals surface area contributed by atoms with Gasteiger partial charge in [-0.15, -0.1) is 0 Å². The molecule has 2 fully saturated rings. The monoisotopic (exact) mass is 335 g/mol. The first kappa shape index (κ1) is 17.4. The fourth-order valence-corrected chi connectivity index (χ4v) is 4.13. The molecule has 134 valence electrons. The first-order valence-corrected chi connectivity index (χ1v) is 9.22. The SMILES string of the molecule is CCn1ncnc1CN1CC[C@@H]2[C@@H](CCC(=O)N2CCCCO)C1. The lowest BCUT2D eigenvalue weighted by Crippen LogP contribution is -2.56. The number of amides is 1. The largest absolute Gasteiger partial charge is 0.396 e. The van der Waals surface area contributed by atoms with Crippen molar-refractivity contribution in [1.82, 2.24) is 24.6 Å². The molecule has 0 bridgehead atoms. The van der Waals surface area contributed by atoms with Gasteiger partial charge in [0.15, 0.2) is 0 Å². The van der Waals surface area contributed by atoms with Gasteiger partial charge < -0.3 is 10.0 Å². The van der Waals surface area contributed by atoms with Crippen LogP contribution >= 0.6 is 0 Å². The molecule has 1 amide bonds. The molecule has 0 spiro atoms. The highest BCUT2D eigenvalue weighted by atomic mass is 16.3. The highest BCUT2D eigenvalue weighted by Gasteiger charge is 2.39. The van der Waals surface area contributed by atoms with E-state index in [1.54, 1.807) is 6.33 Å². The van der Waals surface area contributed by atoms with Crippen molar-refractivity contribution in [3.05, 3.63) is 12.2 Å². The van der Waals surface area contributed by atoms with Gasteiger partial charge in [-0.2, -0.15) is 5.10 Å². The number of carbonyl (C=O) groups is 1. The van der Waals surface area contributed by atoms with Gasteiger partial charge in [-0.25, -0.2) is 9.67 Å². The van der Waals surface area contributed by atoms with Crippen molar-refractivity contribution in [2.75, 3.05) is 26.2 Å². The average molecular weight is 335 g/mol. The summed E-state index contributed by atoms with van der Waals surface area (Å²) >= 11 is 0. The lowest BCUT2D eigenvalue weighted by atomic mass is 9.83. The zero-order chi connectivity index (χ0) is 16.9. The van der Waals surface area contributed by atoms with Crippen LogP contribution in [0, 0.1) is 5.92 Å². The van der Waals surface area contributed by atoms with E-state index < -0.39 is 0 Å². The number of carbonyl (C=O) groups excluding carboxylic acids is 1. The van der Waals surface area contributed by atoms with Crippen LogP contribution in [-0.2, 0) is 17.9 Å². The van der Waals surface area contributed by atoms with E-state index in [-0.39, 0.29) is 6.61 Å². The Balaban J connectivity index is 1.58. The molecule has 3 heterocycles. The molecule has 2 saturated heterocycles. The normalized spacial score (nSPS) is 25.1. The minimum atomic E-state index is 0.210. The molecule has 7 nitrogen and oxygen atoms in total. The van der Waals surface area contributed by atoms with E-state index in [9.17, 15) is 4.79 Å². The molecule has 0 aliphatic carbocycles. The Morgan fingerprint density at radius 2 is 2.21 bits per heavy atom. The zero-order valence-corrected chi connectivity index (χ0v) is 14.6. The molecule has 24 heavy (non-hydrogen) atoms. The van der Waals surface area contributed by atoms with Gasteiger partial charge in [0, 0.05) is 45.2 Å². The first-order chi connectivity index (χ1) is 11.7. The number of unbranched alkanes of at least 4 members (excludes halogenated alkanes) is 1. The summed E-state index contributed by atoms with van der Waals surface area (Å²) in [6.45, 7) is 6.82. The van der Waals surface area contributed by atoms with Crippen LogP contribution in [-0.4, -0.2) is 67.9 Å². The van der Waals surface area contributed by atoms with Crippen LogP contribution in [0.5, 0.6) is 0 Å². The molecule has 0 saturated carbocycles. The lowest BCUT2D eigenvalue weighted by Gasteiger charge is -2.47. The molecular formula is C17H29N5O2. The number of aliphatic hydroxyl groups excluding tert-OH is 1. The smallest absolute Gasteiger partial charge is 0.222 e. The molecule has 0 aromatic carbocycles. The van der Waals surface area contributed by atoms with E-state index in [4.69, 9.17) is 5.11 Å². The van der Waals surface area contributed by atoms with Crippen molar-refractivity contribution in [2.24, 2.45) is 5.92 Å². The number of rotatable bonds is 7. The number of fused-ring (bicyclic) bond motifs is 1. The van der Waals surface area contributed by atoms with Crippen molar-refractivity contribution in [1.29, 1.82) is 0 Å². The second kappa shape index (κ2) is 8.07. The highest BCUT2D eigenvalue weighted by Crippen LogP contribution is 2.32. The Hall–Kier alpha value is -1.47. The second-order valence-corrected chi connectivity index (χ2v) is 6.90. The summed E-state index contributed by atoms with van der Waals surface area (Å²) in [4.78, 5) is 21.2. The maximum absolute atomic E-state index is 12.3. The number of hydrogen-bond donors (Lipinski definition) is 1. The summed E-state index contributed by atoms with van der Waals surface area (Å²) in [7, 11) is 0. The Bertz CT molecular complexity index is 547. The maximum atomic E-state index is 12.3. The average Bonchev–Trinajstić information content (AvgIpc) is 3.04. The number of aliphatic hydroxyl groups is 1. The molecule has 2 atom stereocenters. The molecule has 1 aromatic heterocycles. The summed E-state index contributed by atoms with van der Waals surface area (Å²) < 4.78 is 1.96. The Morgan fingerprint density at radius 1 is 1.33 bits per heavy atom. The number of hydrogen-bond acceptors (Lipinski definition) is 5. The van der Waals surface area contributed by atoms with Crippen LogP contribution in [0.15, 0.2) is 6.33 Å². The van der Waals surface area contributed by atoms with E-state index in [1.165, 1.54) is 0 Å². The van der Waals surface area contributed by atoms with Gasteiger partial charge in [0.05, 0.1) is 6.54 Å². The molecule has 0 unspecified atom stereocenters. The molecule has 2 aliphatic rings. The van der Waals surface area contributed by atoms with Gasteiger partial charge in [-0.3, -0.25) is 9.69 Å². The van der Waals surface area contributed by atoms with Crippen LogP contribution < -0.4 is 0 Å². The summed E-state index contributed by atoms with van der Waals surface area (Å²) in [6, 6.07) is 0.380. The molecule has 2 aliphatic heterocycles. The second-order valence-electron chi connectivity index (χ2n) is 6.90. The maximum Gasteiger partial charge on any atom is 0.222 e. The van der Waals surface area contributed by atoms with Crippen LogP contribution in [0.4, 0.5) is 0 Å². The Kier molecular flexibility index (Phi) is 5.84. The van der Waals surface area contributed by atoms with E-state index in [1.807, 2.05) is 4.68 Å². The van der Waals surface area contributed by atoms with Gasteiger partial charge in [-0.05, 0) is 38.5 Å². The van der Waals surface area contributed by atoms with Gasteiger partial charge in [-0.1, -0.05) is 0 Å². The minimum Gasteiger partial charge on any atom is -0.396 e. The fraction of sp³-hybridized carbons (Fsp3) is 0.824. The van der Waals surface area contributed by atoms with Gasteiger partial charge >= 0.3 is 0 Å². The lowest BCUT2D eigenvalue weighted by molar-refractivity contribution is -0.141. The topological polar surface area (TPSA) is 74.5 Å².